The van der Waals surface area contributed by atoms with Crippen LogP contribution in [0.25, 0.3) is 0 Å². The molecule has 0 saturated carbocycles. The van der Waals surface area contributed by atoms with Gasteiger partial charge in [-0.05, 0) is 17.5 Å². The van der Waals surface area contributed by atoms with E-state index in [1.165, 1.54) is 4.90 Å². The summed E-state index contributed by atoms with van der Waals surface area (Å²) in [7, 11) is 0. The minimum atomic E-state index is -0.395. The average molecular weight is 361 g/mol. The normalized spacial score (nSPS) is 27.1. The number of carbonyl (C=O) groups excluding carboxylic acids is 2. The molecule has 4 nitrogen and oxygen atoms in total. The third-order valence-corrected chi connectivity index (χ3v) is 5.70. The molecule has 0 bridgehead atoms. The lowest BCUT2D eigenvalue weighted by atomic mass is 9.68. The lowest BCUT2D eigenvalue weighted by Gasteiger charge is -2.32. The molecule has 0 unspecified atom stereocenters. The first-order valence-corrected chi connectivity index (χ1v) is 9.46. The molecule has 0 aromatic heterocycles. The van der Waals surface area contributed by atoms with Gasteiger partial charge in [-0.1, -0.05) is 72.8 Å². The molecule has 2 aliphatic rings. The van der Waals surface area contributed by atoms with Gasteiger partial charge in [0.05, 0.1) is 11.8 Å². The third-order valence-electron chi connectivity index (χ3n) is 5.70. The van der Waals surface area contributed by atoms with Crippen LogP contribution in [0.1, 0.15) is 29.4 Å². The van der Waals surface area contributed by atoms with Crippen LogP contribution in [0.3, 0.4) is 0 Å². The highest BCUT2D eigenvalue weighted by atomic mass is 16.3. The first kappa shape index (κ1) is 17.7. The first-order chi connectivity index (χ1) is 13.2. The second-order valence-corrected chi connectivity index (χ2v) is 7.21. The van der Waals surface area contributed by atoms with Crippen molar-refractivity contribution in [2.24, 2.45) is 11.8 Å². The smallest absolute Gasteiger partial charge is 0.234 e. The Kier molecular flexibility index (Phi) is 4.90. The number of aliphatic hydroxyl groups excluding tert-OH is 1. The summed E-state index contributed by atoms with van der Waals surface area (Å²) in [4.78, 5) is 27.8. The highest BCUT2D eigenvalue weighted by molar-refractivity contribution is 6.06. The number of imide groups is 1. The topological polar surface area (TPSA) is 57.6 Å². The lowest BCUT2D eigenvalue weighted by Crippen LogP contribution is -2.33. The molecule has 0 spiro atoms. The van der Waals surface area contributed by atoms with Gasteiger partial charge in [-0.2, -0.15) is 0 Å². The van der Waals surface area contributed by atoms with E-state index in [1.54, 1.807) is 0 Å². The number of carbonyl (C=O) groups is 2. The van der Waals surface area contributed by atoms with E-state index in [0.717, 1.165) is 11.1 Å². The van der Waals surface area contributed by atoms with Gasteiger partial charge in [-0.15, -0.1) is 0 Å². The largest absolute Gasteiger partial charge is 0.396 e. The summed E-state index contributed by atoms with van der Waals surface area (Å²) in [6, 6.07) is 19.8. The van der Waals surface area contributed by atoms with Crippen molar-refractivity contribution in [1.29, 1.82) is 0 Å². The number of amides is 2. The Morgan fingerprint density at radius 2 is 1.19 bits per heavy atom. The van der Waals surface area contributed by atoms with Gasteiger partial charge in [-0.25, -0.2) is 0 Å². The minimum Gasteiger partial charge on any atom is -0.396 e. The summed E-state index contributed by atoms with van der Waals surface area (Å²) in [6.07, 6.45) is 4.60. The van der Waals surface area contributed by atoms with Crippen molar-refractivity contribution in [1.82, 2.24) is 4.90 Å². The molecular weight excluding hydrogens is 338 g/mol. The number of hydrogen-bond acceptors (Lipinski definition) is 3. The zero-order chi connectivity index (χ0) is 18.8. The molecule has 1 aliphatic carbocycles. The summed E-state index contributed by atoms with van der Waals surface area (Å²) >= 11 is 0. The van der Waals surface area contributed by atoms with Crippen molar-refractivity contribution in [3.05, 3.63) is 83.9 Å². The van der Waals surface area contributed by atoms with Crippen LogP contribution in [0, 0.1) is 11.8 Å². The SMILES string of the molecule is O=C1[C@H]2[C@H](C(=O)N1CCCO)[C@H](c1ccccc1)C=C[C@@H]2c1ccccc1. The second-order valence-electron chi connectivity index (χ2n) is 7.21. The summed E-state index contributed by atoms with van der Waals surface area (Å²) in [5.41, 5.74) is 2.11. The summed E-state index contributed by atoms with van der Waals surface area (Å²) in [6.45, 7) is 0.249. The molecule has 1 aliphatic heterocycles. The fraction of sp³-hybridized carbons (Fsp3) is 0.304. The van der Waals surface area contributed by atoms with E-state index in [0.29, 0.717) is 6.42 Å². The third kappa shape index (κ3) is 3.10. The number of likely N-dealkylation sites (tertiary alicyclic amines) is 1. The molecule has 1 heterocycles. The Morgan fingerprint density at radius 3 is 1.59 bits per heavy atom. The predicted molar refractivity (Wildman–Crippen MR) is 103 cm³/mol. The van der Waals surface area contributed by atoms with E-state index < -0.39 is 11.8 Å². The van der Waals surface area contributed by atoms with Crippen molar-refractivity contribution in [2.45, 2.75) is 18.3 Å². The monoisotopic (exact) mass is 361 g/mol. The average Bonchev–Trinajstić information content (AvgIpc) is 2.98. The molecule has 138 valence electrons. The second kappa shape index (κ2) is 7.49. The van der Waals surface area contributed by atoms with E-state index in [4.69, 9.17) is 5.11 Å². The Labute approximate surface area is 159 Å². The molecule has 4 atom stereocenters. The summed E-state index contributed by atoms with van der Waals surface area (Å²) < 4.78 is 0. The number of aliphatic hydroxyl groups is 1. The molecule has 1 fully saturated rings. The van der Waals surface area contributed by atoms with Crippen LogP contribution in [0.5, 0.6) is 0 Å². The highest BCUT2D eigenvalue weighted by Crippen LogP contribution is 2.49. The van der Waals surface area contributed by atoms with Gasteiger partial charge in [0, 0.05) is 25.0 Å². The van der Waals surface area contributed by atoms with Crippen LogP contribution in [0.4, 0.5) is 0 Å². The molecule has 1 N–H and O–H groups in total. The number of fused-ring (bicyclic) bond motifs is 1. The zero-order valence-electron chi connectivity index (χ0n) is 15.1. The van der Waals surface area contributed by atoms with Gasteiger partial charge in [0.2, 0.25) is 11.8 Å². The van der Waals surface area contributed by atoms with Crippen molar-refractivity contribution >= 4 is 11.8 Å². The van der Waals surface area contributed by atoms with Crippen molar-refractivity contribution in [2.75, 3.05) is 13.2 Å². The van der Waals surface area contributed by atoms with Gasteiger partial charge >= 0.3 is 0 Å². The van der Waals surface area contributed by atoms with Crippen molar-refractivity contribution in [3.8, 4) is 0 Å². The lowest BCUT2D eigenvalue weighted by molar-refractivity contribution is -0.140. The van der Waals surface area contributed by atoms with Gasteiger partial charge in [0.1, 0.15) is 0 Å². The van der Waals surface area contributed by atoms with Crippen LogP contribution in [0.15, 0.2) is 72.8 Å². The van der Waals surface area contributed by atoms with Gasteiger partial charge in [0.25, 0.3) is 0 Å². The molecule has 27 heavy (non-hydrogen) atoms. The Morgan fingerprint density at radius 1 is 0.741 bits per heavy atom. The Hall–Kier alpha value is -2.72. The van der Waals surface area contributed by atoms with E-state index in [9.17, 15) is 9.59 Å². The maximum Gasteiger partial charge on any atom is 0.234 e. The zero-order valence-corrected chi connectivity index (χ0v) is 15.1. The predicted octanol–water partition coefficient (Wildman–Crippen LogP) is 3.11. The van der Waals surface area contributed by atoms with Gasteiger partial charge in [-0.3, -0.25) is 14.5 Å². The Bertz CT molecular complexity index is 779. The van der Waals surface area contributed by atoms with Crippen LogP contribution in [0.2, 0.25) is 0 Å². The minimum absolute atomic E-state index is 0.0329. The number of nitrogens with zero attached hydrogens (tertiary/aromatic N) is 1. The van der Waals surface area contributed by atoms with E-state index in [-0.39, 0.29) is 36.8 Å². The molecule has 0 radical (unpaired) electrons. The first-order valence-electron chi connectivity index (χ1n) is 9.46. The van der Waals surface area contributed by atoms with Gasteiger partial charge in [0.15, 0.2) is 0 Å². The fourth-order valence-electron chi connectivity index (χ4n) is 4.45. The molecule has 4 rings (SSSR count). The van der Waals surface area contributed by atoms with Crippen LogP contribution in [-0.4, -0.2) is 35.0 Å². The number of hydrogen-bond donors (Lipinski definition) is 1. The number of rotatable bonds is 5. The fourth-order valence-corrected chi connectivity index (χ4v) is 4.45. The van der Waals surface area contributed by atoms with Gasteiger partial charge < -0.3 is 5.11 Å². The van der Waals surface area contributed by atoms with Crippen LogP contribution < -0.4 is 0 Å². The molecule has 2 amide bonds. The molecule has 1 saturated heterocycles. The molecular formula is C23H23NO3. The molecule has 2 aromatic rings. The van der Waals surface area contributed by atoms with Crippen molar-refractivity contribution in [3.63, 3.8) is 0 Å². The van der Waals surface area contributed by atoms with E-state index in [2.05, 4.69) is 12.2 Å². The maximum absolute atomic E-state index is 13.2. The molecule has 2 aromatic carbocycles. The van der Waals surface area contributed by atoms with Crippen molar-refractivity contribution < 1.29 is 14.7 Å². The quantitative estimate of drug-likeness (QED) is 0.658. The number of benzene rings is 2. The summed E-state index contributed by atoms with van der Waals surface area (Å²) in [5, 5.41) is 9.16. The number of allylic oxidation sites excluding steroid dienone is 2. The molecule has 4 heteroatoms. The maximum atomic E-state index is 13.2. The summed E-state index contributed by atoms with van der Waals surface area (Å²) in [5.74, 6) is -1.23. The van der Waals surface area contributed by atoms with E-state index >= 15 is 0 Å². The van der Waals surface area contributed by atoms with Crippen LogP contribution >= 0.6 is 0 Å². The van der Waals surface area contributed by atoms with E-state index in [1.807, 2.05) is 60.7 Å². The Balaban J connectivity index is 1.77. The highest BCUT2D eigenvalue weighted by Gasteiger charge is 2.54. The van der Waals surface area contributed by atoms with Crippen LogP contribution in [-0.2, 0) is 9.59 Å². The standard InChI is InChI=1S/C23H23NO3/c25-15-7-14-24-22(26)20-18(16-8-3-1-4-9-16)12-13-19(21(20)23(24)27)17-10-5-2-6-11-17/h1-6,8-13,18-21,25H,7,14-15H2/t18-,19+,20-,21-/m1/s1.